The topological polar surface area (TPSA) is 29.5 Å². The lowest BCUT2D eigenvalue weighted by Gasteiger charge is -2.32. The van der Waals surface area contributed by atoms with Crippen LogP contribution in [0, 0.1) is 6.92 Å². The third-order valence-corrected chi connectivity index (χ3v) is 4.89. The van der Waals surface area contributed by atoms with Gasteiger partial charge in [-0.25, -0.2) is 0 Å². The molecule has 0 aromatic heterocycles. The highest BCUT2D eigenvalue weighted by Crippen LogP contribution is 2.35. The predicted molar refractivity (Wildman–Crippen MR) is 91.4 cm³/mol. The molecule has 0 fully saturated rings. The number of anilines is 1. The van der Waals surface area contributed by atoms with Crippen LogP contribution >= 0.6 is 11.6 Å². The zero-order chi connectivity index (χ0) is 16.0. The smallest absolute Gasteiger partial charge is 0.268 e. The summed E-state index contributed by atoms with van der Waals surface area (Å²) in [4.78, 5) is 14.9. The Hall–Kier alpha value is -2.00. The summed E-state index contributed by atoms with van der Waals surface area (Å²) in [6.07, 6.45) is 2.16. The average molecular weight is 328 g/mol. The first-order chi connectivity index (χ1) is 11.1. The lowest BCUT2D eigenvalue weighted by atomic mass is 9.97. The summed E-state index contributed by atoms with van der Waals surface area (Å²) < 4.78 is 5.88. The zero-order valence-corrected chi connectivity index (χ0v) is 13.8. The molecule has 0 bridgehead atoms. The van der Waals surface area contributed by atoms with Gasteiger partial charge in [0.05, 0.1) is 0 Å². The molecular formula is C19H18ClNO2. The number of hydrogen-bond donors (Lipinski definition) is 0. The number of para-hydroxylation sites is 1. The van der Waals surface area contributed by atoms with Crippen molar-refractivity contribution in [2.24, 2.45) is 0 Å². The molecule has 2 aliphatic rings. The first kappa shape index (κ1) is 14.6. The second-order valence-corrected chi connectivity index (χ2v) is 6.68. The van der Waals surface area contributed by atoms with Gasteiger partial charge in [0.1, 0.15) is 5.75 Å². The van der Waals surface area contributed by atoms with Crippen molar-refractivity contribution in [3.05, 3.63) is 58.1 Å². The summed E-state index contributed by atoms with van der Waals surface area (Å²) >= 11 is 6.04. The second-order valence-electron chi connectivity index (χ2n) is 6.24. The molecule has 2 heterocycles. The molecule has 0 spiro atoms. The summed E-state index contributed by atoms with van der Waals surface area (Å²) in [5.74, 6) is 0.822. The van der Waals surface area contributed by atoms with Gasteiger partial charge in [-0.3, -0.25) is 4.79 Å². The molecule has 23 heavy (non-hydrogen) atoms. The van der Waals surface area contributed by atoms with Crippen LogP contribution in [0.2, 0.25) is 5.02 Å². The Labute approximate surface area is 140 Å². The van der Waals surface area contributed by atoms with Crippen LogP contribution in [0.3, 0.4) is 0 Å². The second kappa shape index (κ2) is 5.57. The van der Waals surface area contributed by atoms with Crippen LogP contribution in [0.4, 0.5) is 5.69 Å². The Bertz CT molecular complexity index is 787. The molecule has 0 unspecified atom stereocenters. The van der Waals surface area contributed by atoms with Gasteiger partial charge in [0.15, 0.2) is 6.10 Å². The molecule has 4 heteroatoms. The number of halogens is 1. The molecule has 3 nitrogen and oxygen atoms in total. The average Bonchev–Trinajstić information content (AvgIpc) is 2.97. The van der Waals surface area contributed by atoms with Crippen molar-refractivity contribution >= 4 is 23.2 Å². The van der Waals surface area contributed by atoms with E-state index >= 15 is 0 Å². The minimum atomic E-state index is -0.450. The van der Waals surface area contributed by atoms with E-state index in [4.69, 9.17) is 16.3 Å². The largest absolute Gasteiger partial charge is 0.480 e. The lowest BCUT2D eigenvalue weighted by molar-refractivity contribution is -0.124. The summed E-state index contributed by atoms with van der Waals surface area (Å²) in [5.41, 5.74) is 4.48. The molecule has 0 saturated heterocycles. The fourth-order valence-corrected chi connectivity index (χ4v) is 3.79. The molecule has 0 radical (unpaired) electrons. The fraction of sp³-hybridized carbons (Fsp3) is 0.316. The Balaban J connectivity index is 1.63. The van der Waals surface area contributed by atoms with Gasteiger partial charge in [0, 0.05) is 23.7 Å². The van der Waals surface area contributed by atoms with Crippen LogP contribution in [0.15, 0.2) is 36.4 Å². The lowest BCUT2D eigenvalue weighted by Crippen LogP contribution is -2.44. The van der Waals surface area contributed by atoms with E-state index in [0.717, 1.165) is 42.0 Å². The maximum absolute atomic E-state index is 13.0. The Morgan fingerprint density at radius 1 is 1.26 bits per heavy atom. The highest BCUT2D eigenvalue weighted by atomic mass is 35.5. The Morgan fingerprint density at radius 2 is 2.13 bits per heavy atom. The first-order valence-corrected chi connectivity index (χ1v) is 8.36. The fourth-order valence-electron chi connectivity index (χ4n) is 3.60. The SMILES string of the molecule is Cc1cccc2c1N(C(=O)[C@@H]1Cc3cc(Cl)ccc3O1)CCC2. The van der Waals surface area contributed by atoms with E-state index in [1.54, 1.807) is 6.07 Å². The molecule has 2 aliphatic heterocycles. The number of hydrogen-bond acceptors (Lipinski definition) is 2. The van der Waals surface area contributed by atoms with E-state index < -0.39 is 6.10 Å². The van der Waals surface area contributed by atoms with Crippen molar-refractivity contribution in [1.82, 2.24) is 0 Å². The summed E-state index contributed by atoms with van der Waals surface area (Å²) in [5, 5.41) is 0.680. The molecule has 1 atom stereocenters. The van der Waals surface area contributed by atoms with Gasteiger partial charge in [-0.1, -0.05) is 29.8 Å². The molecule has 0 saturated carbocycles. The summed E-state index contributed by atoms with van der Waals surface area (Å²) in [6, 6.07) is 11.8. The number of ether oxygens (including phenoxy) is 1. The summed E-state index contributed by atoms with van der Waals surface area (Å²) in [6.45, 7) is 2.82. The van der Waals surface area contributed by atoms with Crippen molar-refractivity contribution in [2.75, 3.05) is 11.4 Å². The number of rotatable bonds is 1. The molecule has 4 rings (SSSR count). The van der Waals surface area contributed by atoms with Crippen LogP contribution in [-0.4, -0.2) is 18.6 Å². The van der Waals surface area contributed by atoms with E-state index in [0.29, 0.717) is 11.4 Å². The minimum Gasteiger partial charge on any atom is -0.480 e. The normalized spacial score (nSPS) is 19.0. The van der Waals surface area contributed by atoms with Crippen LogP contribution in [0.25, 0.3) is 0 Å². The van der Waals surface area contributed by atoms with Crippen LogP contribution < -0.4 is 9.64 Å². The standard InChI is InChI=1S/C19H18ClNO2/c1-12-4-2-5-13-6-3-9-21(18(12)13)19(22)17-11-14-10-15(20)7-8-16(14)23-17/h2,4-5,7-8,10,17H,3,6,9,11H2,1H3/t17-/m0/s1. The number of amides is 1. The number of carbonyl (C=O) groups is 1. The van der Waals surface area contributed by atoms with Gasteiger partial charge in [-0.2, -0.15) is 0 Å². The highest BCUT2D eigenvalue weighted by molar-refractivity contribution is 6.30. The van der Waals surface area contributed by atoms with E-state index in [2.05, 4.69) is 25.1 Å². The van der Waals surface area contributed by atoms with E-state index in [-0.39, 0.29) is 5.91 Å². The van der Waals surface area contributed by atoms with Crippen molar-refractivity contribution in [2.45, 2.75) is 32.3 Å². The van der Waals surface area contributed by atoms with E-state index in [1.807, 2.05) is 17.0 Å². The van der Waals surface area contributed by atoms with E-state index in [9.17, 15) is 4.79 Å². The molecule has 1 amide bonds. The predicted octanol–water partition coefficient (Wildman–Crippen LogP) is 3.93. The Morgan fingerprint density at radius 3 is 3.00 bits per heavy atom. The van der Waals surface area contributed by atoms with E-state index in [1.165, 1.54) is 5.56 Å². The number of fused-ring (bicyclic) bond motifs is 2. The van der Waals surface area contributed by atoms with Gasteiger partial charge >= 0.3 is 0 Å². The third-order valence-electron chi connectivity index (χ3n) is 4.66. The van der Waals surface area contributed by atoms with Crippen molar-refractivity contribution < 1.29 is 9.53 Å². The zero-order valence-electron chi connectivity index (χ0n) is 13.0. The molecule has 2 aromatic rings. The number of carbonyl (C=O) groups excluding carboxylic acids is 1. The van der Waals surface area contributed by atoms with Gasteiger partial charge < -0.3 is 9.64 Å². The number of aryl methyl sites for hydroxylation is 2. The molecule has 0 N–H and O–H groups in total. The summed E-state index contributed by atoms with van der Waals surface area (Å²) in [7, 11) is 0. The molecular weight excluding hydrogens is 310 g/mol. The van der Waals surface area contributed by atoms with Crippen molar-refractivity contribution in [3.8, 4) is 5.75 Å². The monoisotopic (exact) mass is 327 g/mol. The van der Waals surface area contributed by atoms with Crippen molar-refractivity contribution in [1.29, 1.82) is 0 Å². The van der Waals surface area contributed by atoms with Crippen LogP contribution in [0.1, 0.15) is 23.1 Å². The van der Waals surface area contributed by atoms with Crippen LogP contribution in [0.5, 0.6) is 5.75 Å². The molecule has 2 aromatic carbocycles. The third kappa shape index (κ3) is 2.49. The Kier molecular flexibility index (Phi) is 3.53. The molecule has 118 valence electrons. The molecule has 0 aliphatic carbocycles. The van der Waals surface area contributed by atoms with Crippen LogP contribution in [-0.2, 0) is 17.6 Å². The highest BCUT2D eigenvalue weighted by Gasteiger charge is 2.35. The quantitative estimate of drug-likeness (QED) is 0.794. The maximum Gasteiger partial charge on any atom is 0.268 e. The van der Waals surface area contributed by atoms with Gasteiger partial charge in [0.2, 0.25) is 0 Å². The van der Waals surface area contributed by atoms with Gasteiger partial charge in [-0.05, 0) is 54.7 Å². The minimum absolute atomic E-state index is 0.0487. The number of benzene rings is 2. The van der Waals surface area contributed by atoms with Gasteiger partial charge in [-0.15, -0.1) is 0 Å². The number of nitrogens with zero attached hydrogens (tertiary/aromatic N) is 1. The first-order valence-electron chi connectivity index (χ1n) is 7.98. The van der Waals surface area contributed by atoms with Gasteiger partial charge in [0.25, 0.3) is 5.91 Å². The van der Waals surface area contributed by atoms with Crippen molar-refractivity contribution in [3.63, 3.8) is 0 Å². The maximum atomic E-state index is 13.0.